The number of fused-ring (bicyclic) bond motifs is 1. The SMILES string of the molecule is O=C1CC2C(CC(OC3CCCCO3)C2COCc2ccccc2)O1. The van der Waals surface area contributed by atoms with Gasteiger partial charge in [0.2, 0.25) is 0 Å². The summed E-state index contributed by atoms with van der Waals surface area (Å²) in [4.78, 5) is 11.7. The molecule has 1 aromatic carbocycles. The normalized spacial score (nSPS) is 34.7. The van der Waals surface area contributed by atoms with E-state index in [0.717, 1.165) is 37.9 Å². The van der Waals surface area contributed by atoms with Gasteiger partial charge in [-0.25, -0.2) is 0 Å². The highest BCUT2D eigenvalue weighted by Gasteiger charge is 2.51. The van der Waals surface area contributed by atoms with Crippen molar-refractivity contribution in [2.45, 2.75) is 57.2 Å². The fourth-order valence-corrected chi connectivity index (χ4v) is 4.25. The number of carbonyl (C=O) groups excluding carboxylic acids is 1. The van der Waals surface area contributed by atoms with E-state index in [1.165, 1.54) is 0 Å². The molecule has 5 heteroatoms. The van der Waals surface area contributed by atoms with E-state index < -0.39 is 0 Å². The zero-order valence-corrected chi connectivity index (χ0v) is 14.5. The van der Waals surface area contributed by atoms with E-state index in [9.17, 15) is 4.79 Å². The summed E-state index contributed by atoms with van der Waals surface area (Å²) in [7, 11) is 0. The summed E-state index contributed by atoms with van der Waals surface area (Å²) < 4.78 is 23.4. The van der Waals surface area contributed by atoms with Gasteiger partial charge in [0.05, 0.1) is 25.7 Å². The molecule has 136 valence electrons. The van der Waals surface area contributed by atoms with Crippen LogP contribution in [0.3, 0.4) is 0 Å². The van der Waals surface area contributed by atoms with Crippen molar-refractivity contribution in [2.24, 2.45) is 11.8 Å². The minimum Gasteiger partial charge on any atom is -0.462 e. The summed E-state index contributed by atoms with van der Waals surface area (Å²) in [6.45, 7) is 1.94. The lowest BCUT2D eigenvalue weighted by molar-refractivity contribution is -0.200. The van der Waals surface area contributed by atoms with E-state index in [1.807, 2.05) is 18.2 Å². The van der Waals surface area contributed by atoms with E-state index >= 15 is 0 Å². The molecule has 2 saturated heterocycles. The van der Waals surface area contributed by atoms with Crippen molar-refractivity contribution in [1.82, 2.24) is 0 Å². The first-order valence-corrected chi connectivity index (χ1v) is 9.38. The van der Waals surface area contributed by atoms with Gasteiger partial charge in [0.1, 0.15) is 6.10 Å². The van der Waals surface area contributed by atoms with E-state index in [2.05, 4.69) is 12.1 Å². The molecule has 5 nitrogen and oxygen atoms in total. The third kappa shape index (κ3) is 4.05. The number of ether oxygens (including phenoxy) is 4. The Hall–Kier alpha value is -1.43. The summed E-state index contributed by atoms with van der Waals surface area (Å²) in [6.07, 6.45) is 4.35. The van der Waals surface area contributed by atoms with E-state index in [0.29, 0.717) is 19.6 Å². The first-order chi connectivity index (χ1) is 12.3. The molecule has 0 amide bonds. The van der Waals surface area contributed by atoms with Crippen LogP contribution in [0.4, 0.5) is 0 Å². The molecule has 1 aliphatic carbocycles. The number of benzene rings is 1. The van der Waals surface area contributed by atoms with Gasteiger partial charge in [-0.1, -0.05) is 30.3 Å². The average Bonchev–Trinajstić information content (AvgIpc) is 3.13. The minimum atomic E-state index is -0.120. The summed E-state index contributed by atoms with van der Waals surface area (Å²) in [5.41, 5.74) is 1.16. The van der Waals surface area contributed by atoms with Gasteiger partial charge in [0.15, 0.2) is 6.29 Å². The number of rotatable bonds is 6. The number of esters is 1. The maximum atomic E-state index is 11.7. The van der Waals surface area contributed by atoms with Crippen LogP contribution in [0.25, 0.3) is 0 Å². The monoisotopic (exact) mass is 346 g/mol. The van der Waals surface area contributed by atoms with Crippen LogP contribution in [0.2, 0.25) is 0 Å². The average molecular weight is 346 g/mol. The second kappa shape index (κ2) is 7.85. The van der Waals surface area contributed by atoms with Crippen LogP contribution < -0.4 is 0 Å². The maximum absolute atomic E-state index is 11.7. The zero-order chi connectivity index (χ0) is 17.1. The Morgan fingerprint density at radius 1 is 1.16 bits per heavy atom. The van der Waals surface area contributed by atoms with Crippen molar-refractivity contribution in [2.75, 3.05) is 13.2 Å². The first-order valence-electron chi connectivity index (χ1n) is 9.38. The highest BCUT2D eigenvalue weighted by Crippen LogP contribution is 2.43. The Morgan fingerprint density at radius 2 is 2.04 bits per heavy atom. The van der Waals surface area contributed by atoms with Crippen molar-refractivity contribution in [3.05, 3.63) is 35.9 Å². The molecule has 0 radical (unpaired) electrons. The predicted octanol–water partition coefficient (Wildman–Crippen LogP) is 3.07. The molecule has 5 unspecified atom stereocenters. The molecule has 3 aliphatic rings. The quantitative estimate of drug-likeness (QED) is 0.741. The standard InChI is InChI=1S/C20H26O5/c21-19-10-15-16(13-22-12-14-6-2-1-3-7-14)18(11-17(15)24-19)25-20-8-4-5-9-23-20/h1-3,6-7,15-18,20H,4-5,8-13H2. The van der Waals surface area contributed by atoms with Crippen molar-refractivity contribution < 1.29 is 23.7 Å². The Kier molecular flexibility index (Phi) is 5.34. The van der Waals surface area contributed by atoms with E-state index in [-0.39, 0.29) is 36.3 Å². The minimum absolute atomic E-state index is 0.0218. The van der Waals surface area contributed by atoms with Crippen LogP contribution >= 0.6 is 0 Å². The van der Waals surface area contributed by atoms with Crippen LogP contribution in [-0.4, -0.2) is 37.7 Å². The fraction of sp³-hybridized carbons (Fsp3) is 0.650. The molecule has 0 bridgehead atoms. The van der Waals surface area contributed by atoms with Crippen LogP contribution in [0, 0.1) is 11.8 Å². The summed E-state index contributed by atoms with van der Waals surface area (Å²) >= 11 is 0. The smallest absolute Gasteiger partial charge is 0.306 e. The topological polar surface area (TPSA) is 54.0 Å². The second-order valence-corrected chi connectivity index (χ2v) is 7.27. The van der Waals surface area contributed by atoms with Gasteiger partial charge in [-0.05, 0) is 24.8 Å². The number of hydrogen-bond donors (Lipinski definition) is 0. The van der Waals surface area contributed by atoms with E-state index in [1.54, 1.807) is 0 Å². The fourth-order valence-electron chi connectivity index (χ4n) is 4.25. The molecule has 2 heterocycles. The molecular weight excluding hydrogens is 320 g/mol. The van der Waals surface area contributed by atoms with Gasteiger partial charge in [-0.15, -0.1) is 0 Å². The molecule has 2 aliphatic heterocycles. The molecule has 0 aromatic heterocycles. The third-order valence-corrected chi connectivity index (χ3v) is 5.54. The Bertz CT molecular complexity index is 569. The Labute approximate surface area is 148 Å². The molecular formula is C20H26O5. The van der Waals surface area contributed by atoms with Crippen LogP contribution in [0.15, 0.2) is 30.3 Å². The summed E-state index contributed by atoms with van der Waals surface area (Å²) in [5, 5.41) is 0. The molecule has 4 rings (SSSR count). The van der Waals surface area contributed by atoms with Crippen molar-refractivity contribution in [3.8, 4) is 0 Å². The zero-order valence-electron chi connectivity index (χ0n) is 14.5. The van der Waals surface area contributed by atoms with Crippen LogP contribution in [-0.2, 0) is 30.3 Å². The number of hydrogen-bond acceptors (Lipinski definition) is 5. The molecule has 5 atom stereocenters. The first kappa shape index (κ1) is 17.0. The number of carbonyl (C=O) groups is 1. The lowest BCUT2D eigenvalue weighted by Gasteiger charge is -2.29. The van der Waals surface area contributed by atoms with Gasteiger partial charge >= 0.3 is 5.97 Å². The summed E-state index contributed by atoms with van der Waals surface area (Å²) in [5.74, 6) is 0.304. The highest BCUT2D eigenvalue weighted by molar-refractivity contribution is 5.72. The molecule has 0 spiro atoms. The molecule has 25 heavy (non-hydrogen) atoms. The van der Waals surface area contributed by atoms with Gasteiger partial charge in [-0.3, -0.25) is 4.79 Å². The van der Waals surface area contributed by atoms with Crippen LogP contribution in [0.5, 0.6) is 0 Å². The van der Waals surface area contributed by atoms with Crippen molar-refractivity contribution >= 4 is 5.97 Å². The summed E-state index contributed by atoms with van der Waals surface area (Å²) in [6, 6.07) is 10.1. The van der Waals surface area contributed by atoms with Crippen LogP contribution in [0.1, 0.15) is 37.7 Å². The van der Waals surface area contributed by atoms with Crippen molar-refractivity contribution in [3.63, 3.8) is 0 Å². The predicted molar refractivity (Wildman–Crippen MR) is 90.7 cm³/mol. The largest absolute Gasteiger partial charge is 0.462 e. The Morgan fingerprint density at radius 3 is 2.84 bits per heavy atom. The lowest BCUT2D eigenvalue weighted by atomic mass is 9.93. The van der Waals surface area contributed by atoms with Gasteiger partial charge in [0.25, 0.3) is 0 Å². The van der Waals surface area contributed by atoms with Gasteiger partial charge in [0, 0.05) is 24.9 Å². The van der Waals surface area contributed by atoms with Crippen molar-refractivity contribution in [1.29, 1.82) is 0 Å². The third-order valence-electron chi connectivity index (χ3n) is 5.54. The highest BCUT2D eigenvalue weighted by atomic mass is 16.7. The maximum Gasteiger partial charge on any atom is 0.306 e. The second-order valence-electron chi connectivity index (χ2n) is 7.27. The van der Waals surface area contributed by atoms with Gasteiger partial charge in [-0.2, -0.15) is 0 Å². The molecule has 1 saturated carbocycles. The lowest BCUT2D eigenvalue weighted by Crippen LogP contribution is -2.33. The molecule has 0 N–H and O–H groups in total. The van der Waals surface area contributed by atoms with E-state index in [4.69, 9.17) is 18.9 Å². The molecule has 3 fully saturated rings. The molecule has 1 aromatic rings. The van der Waals surface area contributed by atoms with Gasteiger partial charge < -0.3 is 18.9 Å². The Balaban J connectivity index is 1.36.